The lowest BCUT2D eigenvalue weighted by atomic mass is 9.87. The van der Waals surface area contributed by atoms with Gasteiger partial charge in [0.2, 0.25) is 0 Å². The second-order valence-electron chi connectivity index (χ2n) is 6.36. The van der Waals surface area contributed by atoms with Crippen molar-refractivity contribution in [3.8, 4) is 0 Å². The van der Waals surface area contributed by atoms with Crippen LogP contribution in [0.5, 0.6) is 0 Å². The van der Waals surface area contributed by atoms with Crippen molar-refractivity contribution in [2.45, 2.75) is 46.0 Å². The summed E-state index contributed by atoms with van der Waals surface area (Å²) in [5.41, 5.74) is 6.84. The van der Waals surface area contributed by atoms with Crippen molar-refractivity contribution in [3.63, 3.8) is 0 Å². The molecule has 3 heteroatoms. The molecule has 0 heterocycles. The van der Waals surface area contributed by atoms with Gasteiger partial charge in [-0.05, 0) is 49.0 Å². The summed E-state index contributed by atoms with van der Waals surface area (Å²) in [5, 5.41) is 4.16. The van der Waals surface area contributed by atoms with Crippen LogP contribution in [0.15, 0.2) is 41.0 Å². The van der Waals surface area contributed by atoms with Crippen LogP contribution in [0.3, 0.4) is 0 Å². The van der Waals surface area contributed by atoms with Gasteiger partial charge in [0, 0.05) is 5.56 Å². The number of hydrogen-bond acceptors (Lipinski definition) is 2. The van der Waals surface area contributed by atoms with Crippen molar-refractivity contribution >= 4 is 11.6 Å². The summed E-state index contributed by atoms with van der Waals surface area (Å²) in [6, 6.07) is 7.71. The first-order valence-electron chi connectivity index (χ1n) is 7.01. The highest BCUT2D eigenvalue weighted by molar-refractivity contribution is 6.00. The monoisotopic (exact) mass is 270 g/mol. The fourth-order valence-corrected chi connectivity index (χ4v) is 2.15. The van der Waals surface area contributed by atoms with Crippen LogP contribution in [-0.2, 0) is 5.41 Å². The first-order chi connectivity index (χ1) is 9.36. The van der Waals surface area contributed by atoms with Gasteiger partial charge < -0.3 is 0 Å². The second-order valence-corrected chi connectivity index (χ2v) is 6.36. The fourth-order valence-electron chi connectivity index (χ4n) is 2.15. The molecule has 1 aliphatic carbocycles. The molecule has 0 spiro atoms. The van der Waals surface area contributed by atoms with E-state index in [9.17, 15) is 4.79 Å². The number of benzene rings is 1. The van der Waals surface area contributed by atoms with Gasteiger partial charge in [-0.3, -0.25) is 4.79 Å². The molecular formula is C17H22N2O. The van der Waals surface area contributed by atoms with Crippen LogP contribution in [0, 0.1) is 0 Å². The summed E-state index contributed by atoms with van der Waals surface area (Å²) in [6.45, 7) is 8.55. The van der Waals surface area contributed by atoms with Gasteiger partial charge in [-0.1, -0.05) is 38.5 Å². The van der Waals surface area contributed by atoms with Crippen LogP contribution in [0.1, 0.15) is 56.5 Å². The highest BCUT2D eigenvalue weighted by atomic mass is 16.2. The molecule has 0 bridgehead atoms. The summed E-state index contributed by atoms with van der Waals surface area (Å²) in [5.74, 6) is -0.157. The van der Waals surface area contributed by atoms with Crippen LogP contribution in [-0.4, -0.2) is 11.6 Å². The average molecular weight is 270 g/mol. The molecule has 3 nitrogen and oxygen atoms in total. The molecule has 0 aromatic heterocycles. The Morgan fingerprint density at radius 1 is 1.15 bits per heavy atom. The normalized spacial score (nSPS) is 17.2. The molecular weight excluding hydrogens is 248 g/mol. The Morgan fingerprint density at radius 2 is 1.80 bits per heavy atom. The van der Waals surface area contributed by atoms with Crippen molar-refractivity contribution in [1.82, 2.24) is 5.43 Å². The van der Waals surface area contributed by atoms with Crippen LogP contribution in [0.2, 0.25) is 0 Å². The minimum absolute atomic E-state index is 0.0986. The molecule has 0 atom stereocenters. The maximum Gasteiger partial charge on any atom is 0.271 e. The standard InChI is InChI=1S/C17H22N2O/c1-12-5-10-15(11-12)18-19-16(20)13-6-8-14(9-7-13)17(2,3)4/h6-9,11H,5,10H2,1-4H3,(H,19,20)/b18-15+. The van der Waals surface area contributed by atoms with E-state index in [0.717, 1.165) is 18.6 Å². The van der Waals surface area contributed by atoms with Gasteiger partial charge in [-0.2, -0.15) is 5.10 Å². The van der Waals surface area contributed by atoms with Crippen molar-refractivity contribution < 1.29 is 4.79 Å². The van der Waals surface area contributed by atoms with Crippen molar-refractivity contribution in [2.24, 2.45) is 5.10 Å². The molecule has 0 saturated heterocycles. The predicted octanol–water partition coefficient (Wildman–Crippen LogP) is 3.81. The second kappa shape index (κ2) is 5.61. The van der Waals surface area contributed by atoms with Crippen LogP contribution in [0.25, 0.3) is 0 Å². The molecule has 106 valence electrons. The van der Waals surface area contributed by atoms with E-state index < -0.39 is 0 Å². The molecule has 0 unspecified atom stereocenters. The smallest absolute Gasteiger partial charge is 0.267 e. The third-order valence-corrected chi connectivity index (χ3v) is 3.50. The Morgan fingerprint density at radius 3 is 2.30 bits per heavy atom. The van der Waals surface area contributed by atoms with E-state index in [2.05, 4.69) is 38.2 Å². The minimum Gasteiger partial charge on any atom is -0.267 e. The van der Waals surface area contributed by atoms with Gasteiger partial charge in [0.05, 0.1) is 5.71 Å². The van der Waals surface area contributed by atoms with Gasteiger partial charge in [0.15, 0.2) is 0 Å². The van der Waals surface area contributed by atoms with E-state index in [1.165, 1.54) is 11.1 Å². The molecule has 0 aliphatic heterocycles. The Hall–Kier alpha value is -1.90. The van der Waals surface area contributed by atoms with Crippen LogP contribution in [0.4, 0.5) is 0 Å². The van der Waals surface area contributed by atoms with Crippen LogP contribution >= 0.6 is 0 Å². The SMILES string of the molecule is CC1=C/C(=N/NC(=O)c2ccc(C(C)(C)C)cc2)CC1. The number of rotatable bonds is 2. The fraction of sp³-hybridized carbons (Fsp3) is 0.412. The van der Waals surface area contributed by atoms with Crippen molar-refractivity contribution in [1.29, 1.82) is 0 Å². The lowest BCUT2D eigenvalue weighted by Gasteiger charge is -2.18. The van der Waals surface area contributed by atoms with E-state index in [1.807, 2.05) is 30.3 Å². The zero-order valence-corrected chi connectivity index (χ0v) is 12.7. The number of carbonyl (C=O) groups is 1. The topological polar surface area (TPSA) is 41.5 Å². The summed E-state index contributed by atoms with van der Waals surface area (Å²) in [4.78, 5) is 12.0. The number of hydrazone groups is 1. The van der Waals surface area contributed by atoms with E-state index in [0.29, 0.717) is 5.56 Å². The number of allylic oxidation sites excluding steroid dienone is 2. The zero-order chi connectivity index (χ0) is 14.8. The van der Waals surface area contributed by atoms with E-state index in [-0.39, 0.29) is 11.3 Å². The van der Waals surface area contributed by atoms with Gasteiger partial charge in [0.1, 0.15) is 0 Å². The largest absolute Gasteiger partial charge is 0.271 e. The van der Waals surface area contributed by atoms with E-state index in [1.54, 1.807) is 0 Å². The number of nitrogens with zero attached hydrogens (tertiary/aromatic N) is 1. The summed E-state index contributed by atoms with van der Waals surface area (Å²) in [6.07, 6.45) is 3.98. The highest BCUT2D eigenvalue weighted by Crippen LogP contribution is 2.22. The lowest BCUT2D eigenvalue weighted by Crippen LogP contribution is -2.19. The summed E-state index contributed by atoms with van der Waals surface area (Å²) >= 11 is 0. The molecule has 0 saturated carbocycles. The van der Waals surface area contributed by atoms with Crippen LogP contribution < -0.4 is 5.43 Å². The molecule has 1 amide bonds. The Bertz CT molecular complexity index is 560. The number of nitrogens with one attached hydrogen (secondary N) is 1. The first kappa shape index (κ1) is 14.5. The van der Waals surface area contributed by atoms with Crippen molar-refractivity contribution in [2.75, 3.05) is 0 Å². The average Bonchev–Trinajstić information content (AvgIpc) is 2.81. The molecule has 1 aromatic rings. The first-order valence-corrected chi connectivity index (χ1v) is 7.01. The van der Waals surface area contributed by atoms with E-state index >= 15 is 0 Å². The maximum atomic E-state index is 12.0. The third kappa shape index (κ3) is 3.56. The van der Waals surface area contributed by atoms with Crippen molar-refractivity contribution in [3.05, 3.63) is 47.0 Å². The molecule has 20 heavy (non-hydrogen) atoms. The summed E-state index contributed by atoms with van der Waals surface area (Å²) in [7, 11) is 0. The molecule has 2 rings (SSSR count). The summed E-state index contributed by atoms with van der Waals surface area (Å²) < 4.78 is 0. The number of hydrogen-bond donors (Lipinski definition) is 1. The Kier molecular flexibility index (Phi) is 4.07. The number of amides is 1. The van der Waals surface area contributed by atoms with E-state index in [4.69, 9.17) is 0 Å². The zero-order valence-electron chi connectivity index (χ0n) is 12.7. The highest BCUT2D eigenvalue weighted by Gasteiger charge is 2.14. The predicted molar refractivity (Wildman–Crippen MR) is 83.0 cm³/mol. The van der Waals surface area contributed by atoms with Gasteiger partial charge in [-0.15, -0.1) is 0 Å². The lowest BCUT2D eigenvalue weighted by molar-refractivity contribution is 0.0954. The molecule has 0 radical (unpaired) electrons. The van der Waals surface area contributed by atoms with Gasteiger partial charge >= 0.3 is 0 Å². The minimum atomic E-state index is -0.157. The number of carbonyl (C=O) groups excluding carboxylic acids is 1. The maximum absolute atomic E-state index is 12.0. The molecule has 1 aliphatic rings. The quantitative estimate of drug-likeness (QED) is 0.816. The molecule has 1 aromatic carbocycles. The van der Waals surface area contributed by atoms with Gasteiger partial charge in [0.25, 0.3) is 5.91 Å². The van der Waals surface area contributed by atoms with Gasteiger partial charge in [-0.25, -0.2) is 5.43 Å². The Balaban J connectivity index is 2.03. The molecule has 1 N–H and O–H groups in total. The molecule has 0 fully saturated rings. The third-order valence-electron chi connectivity index (χ3n) is 3.50. The Labute approximate surface area is 120 Å².